The van der Waals surface area contributed by atoms with Crippen LogP contribution in [0.4, 0.5) is 0 Å². The molecule has 1 unspecified atom stereocenters. The summed E-state index contributed by atoms with van der Waals surface area (Å²) in [5.74, 6) is -0.0135. The van der Waals surface area contributed by atoms with Gasteiger partial charge in [0.1, 0.15) is 0 Å². The lowest BCUT2D eigenvalue weighted by Crippen LogP contribution is -2.30. The van der Waals surface area contributed by atoms with Crippen molar-refractivity contribution in [2.75, 3.05) is 0 Å². The minimum absolute atomic E-state index is 0.0135. The number of carbonyl (C=O) groups excluding carboxylic acids is 1. The second-order valence-electron chi connectivity index (χ2n) is 5.18. The van der Waals surface area contributed by atoms with E-state index in [0.29, 0.717) is 0 Å². The Balaban J connectivity index is 1.81. The van der Waals surface area contributed by atoms with E-state index in [1.807, 2.05) is 31.0 Å². The zero-order valence-corrected chi connectivity index (χ0v) is 11.2. The van der Waals surface area contributed by atoms with Gasteiger partial charge in [-0.2, -0.15) is 5.10 Å². The van der Waals surface area contributed by atoms with Crippen LogP contribution in [0.15, 0.2) is 18.6 Å². The molecule has 2 heterocycles. The summed E-state index contributed by atoms with van der Waals surface area (Å²) in [6.07, 6.45) is 8.66. The van der Waals surface area contributed by atoms with Gasteiger partial charge in [0.25, 0.3) is 5.91 Å². The van der Waals surface area contributed by atoms with Crippen LogP contribution < -0.4 is 5.32 Å². The Kier molecular flexibility index (Phi) is 2.89. The van der Waals surface area contributed by atoms with Crippen LogP contribution in [0.5, 0.6) is 0 Å². The summed E-state index contributed by atoms with van der Waals surface area (Å²) in [5.41, 5.74) is 3.97. The number of aromatic nitrogens is 3. The van der Waals surface area contributed by atoms with Crippen molar-refractivity contribution in [2.45, 2.75) is 32.2 Å². The zero-order valence-electron chi connectivity index (χ0n) is 11.2. The van der Waals surface area contributed by atoms with Crippen molar-refractivity contribution in [1.29, 1.82) is 0 Å². The monoisotopic (exact) mass is 258 g/mol. The fourth-order valence-electron chi connectivity index (χ4n) is 2.74. The second kappa shape index (κ2) is 4.57. The van der Waals surface area contributed by atoms with E-state index in [4.69, 9.17) is 0 Å². The predicted octanol–water partition coefficient (Wildman–Crippen LogP) is 1.86. The van der Waals surface area contributed by atoms with Crippen molar-refractivity contribution >= 4 is 5.91 Å². The number of rotatable bonds is 2. The first-order chi connectivity index (χ1) is 9.15. The number of amides is 1. The molecule has 0 saturated carbocycles. The molecule has 5 nitrogen and oxygen atoms in total. The van der Waals surface area contributed by atoms with Gasteiger partial charge in [-0.3, -0.25) is 9.48 Å². The van der Waals surface area contributed by atoms with Gasteiger partial charge in [-0.1, -0.05) is 0 Å². The summed E-state index contributed by atoms with van der Waals surface area (Å²) in [6.45, 7) is 1.93. The number of hydrogen-bond acceptors (Lipinski definition) is 2. The Bertz CT molecular complexity index is 611. The van der Waals surface area contributed by atoms with E-state index >= 15 is 0 Å². The van der Waals surface area contributed by atoms with Gasteiger partial charge in [0.15, 0.2) is 0 Å². The molecule has 0 saturated heterocycles. The van der Waals surface area contributed by atoms with E-state index in [-0.39, 0.29) is 11.9 Å². The first-order valence-corrected chi connectivity index (χ1v) is 6.62. The number of nitrogens with zero attached hydrogens (tertiary/aromatic N) is 2. The molecule has 2 N–H and O–H groups in total. The van der Waals surface area contributed by atoms with Gasteiger partial charge in [0, 0.05) is 31.2 Å². The molecule has 1 amide bonds. The van der Waals surface area contributed by atoms with E-state index in [2.05, 4.69) is 15.4 Å². The fourth-order valence-corrected chi connectivity index (χ4v) is 2.74. The van der Waals surface area contributed by atoms with Crippen LogP contribution in [0.2, 0.25) is 0 Å². The smallest absolute Gasteiger partial charge is 0.253 e. The first kappa shape index (κ1) is 12.0. The van der Waals surface area contributed by atoms with Gasteiger partial charge in [-0.05, 0) is 31.7 Å². The molecule has 0 fully saturated rings. The highest BCUT2D eigenvalue weighted by molar-refractivity contribution is 5.95. The molecule has 0 radical (unpaired) electrons. The number of H-pyrrole nitrogens is 1. The van der Waals surface area contributed by atoms with Crippen molar-refractivity contribution in [3.05, 3.63) is 41.0 Å². The lowest BCUT2D eigenvalue weighted by molar-refractivity contribution is 0.0932. The maximum Gasteiger partial charge on any atom is 0.253 e. The molecule has 1 atom stereocenters. The Hall–Kier alpha value is -2.04. The van der Waals surface area contributed by atoms with Crippen molar-refractivity contribution in [2.24, 2.45) is 7.05 Å². The topological polar surface area (TPSA) is 62.7 Å². The highest BCUT2D eigenvalue weighted by Gasteiger charge is 2.25. The highest BCUT2D eigenvalue weighted by Crippen LogP contribution is 2.29. The van der Waals surface area contributed by atoms with Crippen LogP contribution in [0.3, 0.4) is 0 Å². The third kappa shape index (κ3) is 2.16. The molecule has 0 aliphatic heterocycles. The minimum Gasteiger partial charge on any atom is -0.367 e. The zero-order chi connectivity index (χ0) is 13.4. The van der Waals surface area contributed by atoms with E-state index in [1.54, 1.807) is 6.20 Å². The lowest BCUT2D eigenvalue weighted by atomic mass is 9.93. The van der Waals surface area contributed by atoms with Crippen molar-refractivity contribution in [3.63, 3.8) is 0 Å². The highest BCUT2D eigenvalue weighted by atomic mass is 16.1. The molecule has 1 aliphatic carbocycles. The summed E-state index contributed by atoms with van der Waals surface area (Å²) < 4.78 is 1.83. The van der Waals surface area contributed by atoms with Gasteiger partial charge in [-0.15, -0.1) is 0 Å². The summed E-state index contributed by atoms with van der Waals surface area (Å²) >= 11 is 0. The van der Waals surface area contributed by atoms with Crippen LogP contribution in [-0.2, 0) is 13.5 Å². The Morgan fingerprint density at radius 1 is 1.53 bits per heavy atom. The van der Waals surface area contributed by atoms with Crippen LogP contribution in [0.25, 0.3) is 0 Å². The molecule has 0 spiro atoms. The summed E-state index contributed by atoms with van der Waals surface area (Å²) in [4.78, 5) is 15.2. The fraction of sp³-hybridized carbons (Fsp3) is 0.429. The number of carbonyl (C=O) groups is 1. The first-order valence-electron chi connectivity index (χ1n) is 6.62. The van der Waals surface area contributed by atoms with Crippen LogP contribution in [0.1, 0.15) is 46.1 Å². The van der Waals surface area contributed by atoms with Gasteiger partial charge in [-0.25, -0.2) is 0 Å². The van der Waals surface area contributed by atoms with E-state index in [9.17, 15) is 4.79 Å². The van der Waals surface area contributed by atoms with Gasteiger partial charge >= 0.3 is 0 Å². The molecular formula is C14H18N4O. The minimum atomic E-state index is -0.0135. The van der Waals surface area contributed by atoms with Gasteiger partial charge in [0.2, 0.25) is 0 Å². The molecule has 5 heteroatoms. The molecule has 2 aromatic heterocycles. The SMILES string of the molecule is Cc1c[nH]cc1C(=O)NC1CCCc2nn(C)cc21. The Morgan fingerprint density at radius 2 is 2.37 bits per heavy atom. The third-order valence-electron chi connectivity index (χ3n) is 3.72. The maximum atomic E-state index is 12.3. The summed E-state index contributed by atoms with van der Waals surface area (Å²) in [6, 6.07) is 0.0826. The molecular weight excluding hydrogens is 240 g/mol. The Morgan fingerprint density at radius 3 is 3.11 bits per heavy atom. The maximum absolute atomic E-state index is 12.3. The lowest BCUT2D eigenvalue weighted by Gasteiger charge is -2.22. The molecule has 1 aliphatic rings. The van der Waals surface area contributed by atoms with Crippen molar-refractivity contribution < 1.29 is 4.79 Å². The van der Waals surface area contributed by atoms with Crippen LogP contribution in [-0.4, -0.2) is 20.7 Å². The van der Waals surface area contributed by atoms with E-state index in [1.165, 1.54) is 0 Å². The largest absolute Gasteiger partial charge is 0.367 e. The van der Waals surface area contributed by atoms with E-state index in [0.717, 1.165) is 41.6 Å². The standard InChI is InChI=1S/C14H18N4O/c1-9-6-15-7-10(9)14(19)16-12-4-3-5-13-11(12)8-18(2)17-13/h6-8,12,15H,3-5H2,1-2H3,(H,16,19). The molecule has 19 heavy (non-hydrogen) atoms. The molecule has 3 rings (SSSR count). The van der Waals surface area contributed by atoms with Crippen molar-refractivity contribution in [3.8, 4) is 0 Å². The van der Waals surface area contributed by atoms with Gasteiger partial charge < -0.3 is 10.3 Å². The molecule has 0 aromatic carbocycles. The number of nitrogens with one attached hydrogen (secondary N) is 2. The number of fused-ring (bicyclic) bond motifs is 1. The number of aryl methyl sites for hydroxylation is 3. The quantitative estimate of drug-likeness (QED) is 0.863. The summed E-state index contributed by atoms with van der Waals surface area (Å²) in [5, 5.41) is 7.57. The molecule has 2 aromatic rings. The molecule has 100 valence electrons. The Labute approximate surface area is 112 Å². The van der Waals surface area contributed by atoms with Crippen molar-refractivity contribution in [1.82, 2.24) is 20.1 Å². The number of hydrogen-bond donors (Lipinski definition) is 2. The van der Waals surface area contributed by atoms with Crippen LogP contribution >= 0.6 is 0 Å². The number of aromatic amines is 1. The normalized spacial score (nSPS) is 18.1. The second-order valence-corrected chi connectivity index (χ2v) is 5.18. The van der Waals surface area contributed by atoms with Crippen LogP contribution in [0, 0.1) is 6.92 Å². The summed E-state index contributed by atoms with van der Waals surface area (Å²) in [7, 11) is 1.92. The average Bonchev–Trinajstić information content (AvgIpc) is 2.94. The predicted molar refractivity (Wildman–Crippen MR) is 71.9 cm³/mol. The van der Waals surface area contributed by atoms with Gasteiger partial charge in [0.05, 0.1) is 17.3 Å². The van der Waals surface area contributed by atoms with E-state index < -0.39 is 0 Å². The molecule has 0 bridgehead atoms. The average molecular weight is 258 g/mol. The third-order valence-corrected chi connectivity index (χ3v) is 3.72.